The lowest BCUT2D eigenvalue weighted by Crippen LogP contribution is -2.39. The second kappa shape index (κ2) is 5.20. The molecule has 0 bridgehead atoms. The summed E-state index contributed by atoms with van der Waals surface area (Å²) < 4.78 is 10.8. The zero-order chi connectivity index (χ0) is 8.81. The van der Waals surface area contributed by atoms with Gasteiger partial charge in [-0.05, 0) is 12.8 Å². The van der Waals surface area contributed by atoms with Crippen LogP contribution in [-0.4, -0.2) is 18.8 Å². The van der Waals surface area contributed by atoms with E-state index in [1.54, 1.807) is 0 Å². The lowest BCUT2D eigenvalue weighted by Gasteiger charge is -2.33. The van der Waals surface area contributed by atoms with Gasteiger partial charge in [-0.25, -0.2) is 0 Å². The molecule has 2 atom stereocenters. The Labute approximate surface area is 74.6 Å². The smallest absolute Gasteiger partial charge is 0.124 e. The first-order valence-corrected chi connectivity index (χ1v) is 4.76. The predicted molar refractivity (Wildman–Crippen MR) is 49.0 cm³/mol. The third kappa shape index (κ3) is 2.52. The molecule has 0 aromatic rings. The summed E-state index contributed by atoms with van der Waals surface area (Å²) in [5.41, 5.74) is 0. The van der Waals surface area contributed by atoms with Crippen LogP contribution in [0.5, 0.6) is 0 Å². The van der Waals surface area contributed by atoms with Gasteiger partial charge in [0.15, 0.2) is 0 Å². The number of hydrogen-bond donors (Lipinski definition) is 0. The molecule has 0 aliphatic carbocycles. The summed E-state index contributed by atoms with van der Waals surface area (Å²) in [5, 5.41) is 0. The molecule has 0 aromatic heterocycles. The minimum absolute atomic E-state index is 0.246. The Hall–Kier alpha value is -0.500. The van der Waals surface area contributed by atoms with Gasteiger partial charge < -0.3 is 9.47 Å². The minimum atomic E-state index is 0.246. The van der Waals surface area contributed by atoms with Gasteiger partial charge in [0.2, 0.25) is 0 Å². The molecular formula is C10H18O2. The fourth-order valence-corrected chi connectivity index (χ4v) is 1.42. The third-order valence-electron chi connectivity index (χ3n) is 2.26. The van der Waals surface area contributed by atoms with Crippen molar-refractivity contribution in [2.45, 2.75) is 44.8 Å². The lowest BCUT2D eigenvalue weighted by atomic mass is 10.0. The summed E-state index contributed by atoms with van der Waals surface area (Å²) >= 11 is 0. The molecule has 0 amide bonds. The Morgan fingerprint density at radius 2 is 2.50 bits per heavy atom. The van der Waals surface area contributed by atoms with Gasteiger partial charge >= 0.3 is 0 Å². The first-order chi connectivity index (χ1) is 5.88. The molecule has 12 heavy (non-hydrogen) atoms. The molecule has 0 spiro atoms. The van der Waals surface area contributed by atoms with Crippen molar-refractivity contribution < 1.29 is 9.47 Å². The largest absolute Gasteiger partial charge is 0.496 e. The van der Waals surface area contributed by atoms with Crippen molar-refractivity contribution in [3.05, 3.63) is 12.8 Å². The van der Waals surface area contributed by atoms with E-state index in [0.717, 1.165) is 19.4 Å². The van der Waals surface area contributed by atoms with Gasteiger partial charge in [-0.3, -0.25) is 0 Å². The van der Waals surface area contributed by atoms with Crippen LogP contribution in [0.1, 0.15) is 32.6 Å². The molecule has 2 nitrogen and oxygen atoms in total. The van der Waals surface area contributed by atoms with Crippen molar-refractivity contribution >= 4 is 0 Å². The number of unbranched alkanes of at least 4 members (excludes halogenated alkanes) is 1. The highest BCUT2D eigenvalue weighted by Crippen LogP contribution is 2.21. The summed E-state index contributed by atoms with van der Waals surface area (Å²) in [6.45, 7) is 6.66. The summed E-state index contributed by atoms with van der Waals surface area (Å²) in [6.07, 6.45) is 6.75. The molecule has 1 fully saturated rings. The first kappa shape index (κ1) is 9.59. The van der Waals surface area contributed by atoms with Crippen LogP contribution in [0.3, 0.4) is 0 Å². The van der Waals surface area contributed by atoms with Crippen LogP contribution in [0.4, 0.5) is 0 Å². The van der Waals surface area contributed by atoms with Crippen molar-refractivity contribution in [1.29, 1.82) is 0 Å². The van der Waals surface area contributed by atoms with Gasteiger partial charge in [0.05, 0.1) is 12.4 Å². The molecule has 70 valence electrons. The van der Waals surface area contributed by atoms with E-state index < -0.39 is 0 Å². The molecule has 1 aliphatic heterocycles. The average molecular weight is 170 g/mol. The first-order valence-electron chi connectivity index (χ1n) is 4.76. The maximum atomic E-state index is 5.39. The molecule has 0 saturated carbocycles. The normalized spacial score (nSPS) is 24.2. The van der Waals surface area contributed by atoms with Gasteiger partial charge in [0.25, 0.3) is 0 Å². The summed E-state index contributed by atoms with van der Waals surface area (Å²) in [4.78, 5) is 0. The fraction of sp³-hybridized carbons (Fsp3) is 0.800. The fourth-order valence-electron chi connectivity index (χ4n) is 1.42. The molecule has 1 heterocycles. The number of hydrogen-bond acceptors (Lipinski definition) is 2. The average Bonchev–Trinajstić information content (AvgIpc) is 1.97. The van der Waals surface area contributed by atoms with E-state index in [2.05, 4.69) is 13.5 Å². The summed E-state index contributed by atoms with van der Waals surface area (Å²) in [7, 11) is 0. The maximum absolute atomic E-state index is 5.39. The van der Waals surface area contributed by atoms with E-state index in [4.69, 9.17) is 9.47 Å². The Bertz CT molecular complexity index is 130. The second-order valence-electron chi connectivity index (χ2n) is 3.18. The minimum Gasteiger partial charge on any atom is -0.496 e. The van der Waals surface area contributed by atoms with E-state index in [1.807, 2.05) is 0 Å². The molecule has 0 aromatic carbocycles. The van der Waals surface area contributed by atoms with Crippen LogP contribution < -0.4 is 0 Å². The van der Waals surface area contributed by atoms with Crippen LogP contribution in [0.2, 0.25) is 0 Å². The molecule has 0 N–H and O–H groups in total. The standard InChI is InChI=1S/C10H18O2/c1-3-5-6-9(11-4-2)10-7-8-12-10/h4,9-10H,2-3,5-8H2,1H3. The van der Waals surface area contributed by atoms with E-state index in [1.165, 1.54) is 19.1 Å². The highest BCUT2D eigenvalue weighted by molar-refractivity contribution is 4.78. The highest BCUT2D eigenvalue weighted by Gasteiger charge is 2.28. The Morgan fingerprint density at radius 1 is 1.75 bits per heavy atom. The predicted octanol–water partition coefficient (Wildman–Crippen LogP) is 2.49. The monoisotopic (exact) mass is 170 g/mol. The van der Waals surface area contributed by atoms with Gasteiger partial charge in [0.1, 0.15) is 6.10 Å². The van der Waals surface area contributed by atoms with Crippen LogP contribution in [0.15, 0.2) is 12.8 Å². The molecule has 2 unspecified atom stereocenters. The molecular weight excluding hydrogens is 152 g/mol. The van der Waals surface area contributed by atoms with E-state index in [9.17, 15) is 0 Å². The molecule has 0 radical (unpaired) electrons. The maximum Gasteiger partial charge on any atom is 0.124 e. The van der Waals surface area contributed by atoms with Gasteiger partial charge in [-0.2, -0.15) is 0 Å². The zero-order valence-electron chi connectivity index (χ0n) is 7.79. The number of rotatable bonds is 6. The summed E-state index contributed by atoms with van der Waals surface area (Å²) in [6, 6.07) is 0. The third-order valence-corrected chi connectivity index (χ3v) is 2.26. The van der Waals surface area contributed by atoms with Gasteiger partial charge in [-0.1, -0.05) is 19.9 Å². The topological polar surface area (TPSA) is 18.5 Å². The summed E-state index contributed by atoms with van der Waals surface area (Å²) in [5.74, 6) is 0. The highest BCUT2D eigenvalue weighted by atomic mass is 16.6. The Balaban J connectivity index is 2.21. The molecule has 1 saturated heterocycles. The van der Waals surface area contributed by atoms with Crippen molar-refractivity contribution in [3.8, 4) is 0 Å². The van der Waals surface area contributed by atoms with Crippen LogP contribution in [0, 0.1) is 0 Å². The van der Waals surface area contributed by atoms with Gasteiger partial charge in [-0.15, -0.1) is 0 Å². The SMILES string of the molecule is C=COC(CCCC)C1CCO1. The Morgan fingerprint density at radius 3 is 2.92 bits per heavy atom. The molecule has 1 aliphatic rings. The van der Waals surface area contributed by atoms with Gasteiger partial charge in [0, 0.05) is 13.0 Å². The van der Waals surface area contributed by atoms with Crippen molar-refractivity contribution in [3.63, 3.8) is 0 Å². The molecule has 2 heteroatoms. The number of ether oxygens (including phenoxy) is 2. The molecule has 1 rings (SSSR count). The lowest BCUT2D eigenvalue weighted by molar-refractivity contribution is -0.121. The second-order valence-corrected chi connectivity index (χ2v) is 3.18. The van der Waals surface area contributed by atoms with E-state index >= 15 is 0 Å². The zero-order valence-corrected chi connectivity index (χ0v) is 7.79. The van der Waals surface area contributed by atoms with Crippen molar-refractivity contribution in [2.24, 2.45) is 0 Å². The Kier molecular flexibility index (Phi) is 4.15. The van der Waals surface area contributed by atoms with Crippen molar-refractivity contribution in [2.75, 3.05) is 6.61 Å². The quantitative estimate of drug-likeness (QED) is 0.570. The van der Waals surface area contributed by atoms with Crippen LogP contribution >= 0.6 is 0 Å². The van der Waals surface area contributed by atoms with Crippen molar-refractivity contribution in [1.82, 2.24) is 0 Å². The van der Waals surface area contributed by atoms with E-state index in [0.29, 0.717) is 6.10 Å². The van der Waals surface area contributed by atoms with Crippen LogP contribution in [-0.2, 0) is 9.47 Å². The van der Waals surface area contributed by atoms with Crippen LogP contribution in [0.25, 0.3) is 0 Å². The van der Waals surface area contributed by atoms with E-state index in [-0.39, 0.29) is 6.10 Å².